The van der Waals surface area contributed by atoms with Crippen LogP contribution in [0.3, 0.4) is 0 Å². The molecule has 1 N–H and O–H groups in total. The Kier molecular flexibility index (Phi) is 5.78. The predicted molar refractivity (Wildman–Crippen MR) is 51.9 cm³/mol. The summed E-state index contributed by atoms with van der Waals surface area (Å²) in [6.07, 6.45) is 2.72. The molecule has 0 bridgehead atoms. The number of aliphatic hydroxyl groups excluding tert-OH is 1. The maximum atomic E-state index is 9.24. The average Bonchev–Trinajstić information content (AvgIpc) is 2.99. The van der Waals surface area contributed by atoms with Crippen LogP contribution in [0.4, 0.5) is 0 Å². The van der Waals surface area contributed by atoms with Gasteiger partial charge >= 0.3 is 0 Å². The van der Waals surface area contributed by atoms with Crippen molar-refractivity contribution in [1.29, 1.82) is 0 Å². The van der Waals surface area contributed by atoms with Gasteiger partial charge in [0, 0.05) is 13.2 Å². The van der Waals surface area contributed by atoms with E-state index in [2.05, 4.69) is 6.58 Å². The number of ether oxygens (including phenoxy) is 3. The molecule has 1 rings (SSSR count). The number of rotatable bonds is 9. The van der Waals surface area contributed by atoms with Crippen molar-refractivity contribution in [3.63, 3.8) is 0 Å². The van der Waals surface area contributed by atoms with E-state index in [9.17, 15) is 5.11 Å². The normalized spacial score (nSPS) is 21.9. The van der Waals surface area contributed by atoms with E-state index >= 15 is 0 Å². The third-order valence-electron chi connectivity index (χ3n) is 1.88. The lowest BCUT2D eigenvalue weighted by molar-refractivity contribution is -0.113. The molecule has 1 aliphatic heterocycles. The molecule has 0 aliphatic carbocycles. The van der Waals surface area contributed by atoms with Crippen LogP contribution < -0.4 is 0 Å². The minimum absolute atomic E-state index is 0.0907. The van der Waals surface area contributed by atoms with E-state index in [1.807, 2.05) is 0 Å². The van der Waals surface area contributed by atoms with Gasteiger partial charge in [-0.25, -0.2) is 0 Å². The first-order valence-corrected chi connectivity index (χ1v) is 4.94. The number of hydrogen-bond donors (Lipinski definition) is 1. The fourth-order valence-electron chi connectivity index (χ4n) is 1.00. The van der Waals surface area contributed by atoms with Gasteiger partial charge < -0.3 is 19.3 Å². The molecule has 0 aromatic carbocycles. The fourth-order valence-corrected chi connectivity index (χ4v) is 1.00. The highest BCUT2D eigenvalue weighted by atomic mass is 16.7. The molecular weight excluding hydrogens is 184 g/mol. The van der Waals surface area contributed by atoms with E-state index in [0.717, 1.165) is 12.8 Å². The van der Waals surface area contributed by atoms with Crippen molar-refractivity contribution < 1.29 is 19.3 Å². The van der Waals surface area contributed by atoms with Gasteiger partial charge in [-0.3, -0.25) is 0 Å². The minimum Gasteiger partial charge on any atom is -0.377 e. The second-order valence-electron chi connectivity index (χ2n) is 3.20. The van der Waals surface area contributed by atoms with Crippen molar-refractivity contribution >= 4 is 0 Å². The molecule has 1 saturated heterocycles. The van der Waals surface area contributed by atoms with Gasteiger partial charge in [0.15, 0.2) is 6.29 Å². The molecular formula is C10H18O4. The van der Waals surface area contributed by atoms with E-state index in [-0.39, 0.29) is 6.10 Å². The lowest BCUT2D eigenvalue weighted by Gasteiger charge is -2.08. The van der Waals surface area contributed by atoms with Crippen molar-refractivity contribution in [1.82, 2.24) is 0 Å². The van der Waals surface area contributed by atoms with E-state index < -0.39 is 6.29 Å². The third-order valence-corrected chi connectivity index (χ3v) is 1.88. The van der Waals surface area contributed by atoms with E-state index in [1.165, 1.54) is 0 Å². The van der Waals surface area contributed by atoms with Gasteiger partial charge in [-0.1, -0.05) is 6.08 Å². The molecule has 0 aromatic rings. The van der Waals surface area contributed by atoms with Gasteiger partial charge in [0.05, 0.1) is 13.2 Å². The Morgan fingerprint density at radius 1 is 1.50 bits per heavy atom. The summed E-state index contributed by atoms with van der Waals surface area (Å²) >= 11 is 0. The van der Waals surface area contributed by atoms with Crippen molar-refractivity contribution in [2.45, 2.75) is 25.2 Å². The lowest BCUT2D eigenvalue weighted by atomic mass is 10.3. The molecule has 1 fully saturated rings. The molecule has 82 valence electrons. The zero-order valence-electron chi connectivity index (χ0n) is 8.35. The fraction of sp³-hybridized carbons (Fsp3) is 0.800. The SMILES string of the molecule is C=CCOCCCCOC(O)C1CO1. The summed E-state index contributed by atoms with van der Waals surface area (Å²) in [6, 6.07) is 0. The second kappa shape index (κ2) is 6.95. The van der Waals surface area contributed by atoms with Crippen LogP contribution in [0.2, 0.25) is 0 Å². The van der Waals surface area contributed by atoms with E-state index in [0.29, 0.717) is 26.4 Å². The van der Waals surface area contributed by atoms with Crippen LogP contribution in [0.5, 0.6) is 0 Å². The van der Waals surface area contributed by atoms with Gasteiger partial charge in [0.25, 0.3) is 0 Å². The zero-order valence-corrected chi connectivity index (χ0v) is 8.35. The standard InChI is InChI=1S/C10H18O4/c1-2-5-12-6-3-4-7-13-10(11)9-8-14-9/h2,9-11H,1,3-8H2. The van der Waals surface area contributed by atoms with Crippen LogP contribution in [-0.4, -0.2) is 43.9 Å². The van der Waals surface area contributed by atoms with Gasteiger partial charge in [0.2, 0.25) is 0 Å². The molecule has 2 unspecified atom stereocenters. The molecule has 0 amide bonds. The van der Waals surface area contributed by atoms with Crippen molar-refractivity contribution in [2.75, 3.05) is 26.4 Å². The quantitative estimate of drug-likeness (QED) is 0.259. The molecule has 4 nitrogen and oxygen atoms in total. The van der Waals surface area contributed by atoms with Crippen LogP contribution in [0, 0.1) is 0 Å². The van der Waals surface area contributed by atoms with E-state index in [4.69, 9.17) is 14.2 Å². The van der Waals surface area contributed by atoms with E-state index in [1.54, 1.807) is 6.08 Å². The zero-order chi connectivity index (χ0) is 10.2. The molecule has 0 spiro atoms. The number of unbranched alkanes of at least 4 members (excludes halogenated alkanes) is 1. The largest absolute Gasteiger partial charge is 0.377 e. The average molecular weight is 202 g/mol. The maximum Gasteiger partial charge on any atom is 0.183 e. The van der Waals surface area contributed by atoms with Crippen molar-refractivity contribution in [3.8, 4) is 0 Å². The molecule has 14 heavy (non-hydrogen) atoms. The Morgan fingerprint density at radius 2 is 2.21 bits per heavy atom. The summed E-state index contributed by atoms with van der Waals surface area (Å²) in [7, 11) is 0. The van der Waals surface area contributed by atoms with Crippen LogP contribution >= 0.6 is 0 Å². The first-order valence-electron chi connectivity index (χ1n) is 4.94. The first-order chi connectivity index (χ1) is 6.84. The van der Waals surface area contributed by atoms with Crippen LogP contribution in [0.1, 0.15) is 12.8 Å². The van der Waals surface area contributed by atoms with Crippen LogP contribution in [0.25, 0.3) is 0 Å². The van der Waals surface area contributed by atoms with Gasteiger partial charge in [-0.2, -0.15) is 0 Å². The highest BCUT2D eigenvalue weighted by Gasteiger charge is 2.31. The molecule has 4 heteroatoms. The monoisotopic (exact) mass is 202 g/mol. The maximum absolute atomic E-state index is 9.24. The number of epoxide rings is 1. The summed E-state index contributed by atoms with van der Waals surface area (Å²) in [4.78, 5) is 0. The summed E-state index contributed by atoms with van der Waals surface area (Å²) < 4.78 is 15.2. The highest BCUT2D eigenvalue weighted by Crippen LogP contribution is 2.14. The Morgan fingerprint density at radius 3 is 2.86 bits per heavy atom. The van der Waals surface area contributed by atoms with Crippen molar-refractivity contribution in [2.24, 2.45) is 0 Å². The summed E-state index contributed by atoms with van der Waals surface area (Å²) in [6.45, 7) is 6.03. The molecule has 2 atom stereocenters. The Balaban J connectivity index is 1.77. The predicted octanol–water partition coefficient (Wildman–Crippen LogP) is 0.703. The molecule has 0 aromatic heterocycles. The summed E-state index contributed by atoms with van der Waals surface area (Å²) in [5, 5.41) is 9.24. The first kappa shape index (κ1) is 11.7. The Hall–Kier alpha value is -0.420. The van der Waals surface area contributed by atoms with Crippen molar-refractivity contribution in [3.05, 3.63) is 12.7 Å². The lowest BCUT2D eigenvalue weighted by Crippen LogP contribution is -2.19. The minimum atomic E-state index is -0.746. The molecule has 1 aliphatic rings. The highest BCUT2D eigenvalue weighted by molar-refractivity contribution is 4.71. The number of aliphatic hydroxyl groups is 1. The molecule has 0 radical (unpaired) electrons. The van der Waals surface area contributed by atoms with Gasteiger partial charge in [-0.15, -0.1) is 6.58 Å². The summed E-state index contributed by atoms with van der Waals surface area (Å²) in [5.74, 6) is 0. The van der Waals surface area contributed by atoms with Crippen LogP contribution in [-0.2, 0) is 14.2 Å². The third kappa shape index (κ3) is 5.34. The molecule has 1 heterocycles. The smallest absolute Gasteiger partial charge is 0.183 e. The number of hydrogen-bond acceptors (Lipinski definition) is 4. The second-order valence-corrected chi connectivity index (χ2v) is 3.20. The Labute approximate surface area is 84.5 Å². The van der Waals surface area contributed by atoms with Gasteiger partial charge in [-0.05, 0) is 12.8 Å². The van der Waals surface area contributed by atoms with Crippen LogP contribution in [0.15, 0.2) is 12.7 Å². The summed E-state index contributed by atoms with van der Waals surface area (Å²) in [5.41, 5.74) is 0. The molecule has 0 saturated carbocycles. The Bertz CT molecular complexity index is 156. The van der Waals surface area contributed by atoms with Gasteiger partial charge in [0.1, 0.15) is 6.10 Å². The topological polar surface area (TPSA) is 51.2 Å².